The molecule has 0 aromatic carbocycles. The van der Waals surface area contributed by atoms with Gasteiger partial charge in [0.25, 0.3) is 0 Å². The standard InChI is InChI=1S/C19H28O2/c1-3-15(4-2)16-11-13-17(14-12-16)19(20)21-18-9-7-5-6-8-10-18/h5,7-10,15-17H,3-4,6,11-14H2,1-2H3. The minimum Gasteiger partial charge on any atom is -0.426 e. The summed E-state index contributed by atoms with van der Waals surface area (Å²) in [5.74, 6) is 2.38. The Kier molecular flexibility index (Phi) is 6.28. The van der Waals surface area contributed by atoms with Gasteiger partial charge >= 0.3 is 5.97 Å². The highest BCUT2D eigenvalue weighted by atomic mass is 16.5. The Morgan fingerprint density at radius 2 is 1.90 bits per heavy atom. The fourth-order valence-corrected chi connectivity index (χ4v) is 3.61. The Bertz CT molecular complexity index is 419. The van der Waals surface area contributed by atoms with E-state index in [9.17, 15) is 4.79 Å². The van der Waals surface area contributed by atoms with E-state index >= 15 is 0 Å². The van der Waals surface area contributed by atoms with E-state index in [1.54, 1.807) is 0 Å². The second-order valence-electron chi connectivity index (χ2n) is 6.24. The first-order valence-corrected chi connectivity index (χ1v) is 8.49. The average Bonchev–Trinajstić information content (AvgIpc) is 2.78. The molecule has 0 heterocycles. The SMILES string of the molecule is CCC(CC)C1CCC(C(=O)OC2=CC=CCC=C2)CC1. The summed E-state index contributed by atoms with van der Waals surface area (Å²) in [6.45, 7) is 4.57. The Balaban J connectivity index is 1.83. The molecule has 2 nitrogen and oxygen atoms in total. The van der Waals surface area contributed by atoms with E-state index in [1.807, 2.05) is 24.3 Å². The molecule has 116 valence electrons. The molecule has 0 aromatic rings. The summed E-state index contributed by atoms with van der Waals surface area (Å²) < 4.78 is 5.54. The van der Waals surface area contributed by atoms with Crippen molar-refractivity contribution >= 4 is 5.97 Å². The summed E-state index contributed by atoms with van der Waals surface area (Å²) in [7, 11) is 0. The third-order valence-electron chi connectivity index (χ3n) is 4.99. The molecule has 0 radical (unpaired) electrons. The second-order valence-corrected chi connectivity index (χ2v) is 6.24. The van der Waals surface area contributed by atoms with E-state index in [1.165, 1.54) is 25.7 Å². The molecular formula is C19H28O2. The molecule has 0 bridgehead atoms. The summed E-state index contributed by atoms with van der Waals surface area (Å²) in [6, 6.07) is 0. The number of carbonyl (C=O) groups is 1. The van der Waals surface area contributed by atoms with Gasteiger partial charge in [-0.15, -0.1) is 0 Å². The maximum Gasteiger partial charge on any atom is 0.314 e. The number of carbonyl (C=O) groups excluding carboxylic acids is 1. The smallest absolute Gasteiger partial charge is 0.314 e. The van der Waals surface area contributed by atoms with Crippen molar-refractivity contribution in [3.05, 3.63) is 36.1 Å². The van der Waals surface area contributed by atoms with Gasteiger partial charge in [-0.3, -0.25) is 4.79 Å². The number of esters is 1. The van der Waals surface area contributed by atoms with Gasteiger partial charge in [0.1, 0.15) is 5.76 Å². The fraction of sp³-hybridized carbons (Fsp3) is 0.632. The molecule has 0 saturated heterocycles. The molecule has 1 fully saturated rings. The third kappa shape index (κ3) is 4.59. The maximum absolute atomic E-state index is 12.3. The summed E-state index contributed by atoms with van der Waals surface area (Å²) in [5, 5.41) is 0. The molecule has 0 aromatic heterocycles. The molecule has 0 atom stereocenters. The highest BCUT2D eigenvalue weighted by Gasteiger charge is 2.30. The van der Waals surface area contributed by atoms with Crippen LogP contribution in [0, 0.1) is 17.8 Å². The zero-order chi connectivity index (χ0) is 15.1. The van der Waals surface area contributed by atoms with Crippen molar-refractivity contribution in [3.8, 4) is 0 Å². The Hall–Kier alpha value is -1.31. The van der Waals surface area contributed by atoms with Crippen molar-refractivity contribution < 1.29 is 9.53 Å². The second kappa shape index (κ2) is 8.21. The van der Waals surface area contributed by atoms with Crippen molar-refractivity contribution in [3.63, 3.8) is 0 Å². The molecule has 1 saturated carbocycles. The number of rotatable bonds is 5. The van der Waals surface area contributed by atoms with Crippen LogP contribution in [-0.2, 0) is 9.53 Å². The van der Waals surface area contributed by atoms with Gasteiger partial charge in [-0.2, -0.15) is 0 Å². The summed E-state index contributed by atoms with van der Waals surface area (Å²) in [4.78, 5) is 12.3. The zero-order valence-corrected chi connectivity index (χ0v) is 13.4. The Morgan fingerprint density at radius 3 is 2.57 bits per heavy atom. The zero-order valence-electron chi connectivity index (χ0n) is 13.4. The van der Waals surface area contributed by atoms with Crippen LogP contribution in [0.4, 0.5) is 0 Å². The molecule has 2 rings (SSSR count). The molecule has 0 amide bonds. The van der Waals surface area contributed by atoms with Gasteiger partial charge in [0.05, 0.1) is 5.92 Å². The van der Waals surface area contributed by atoms with Crippen molar-refractivity contribution in [1.82, 2.24) is 0 Å². The van der Waals surface area contributed by atoms with Gasteiger partial charge in [-0.05, 0) is 56.1 Å². The first-order chi connectivity index (χ1) is 10.2. The first-order valence-electron chi connectivity index (χ1n) is 8.49. The number of hydrogen-bond acceptors (Lipinski definition) is 2. The van der Waals surface area contributed by atoms with Gasteiger partial charge in [-0.25, -0.2) is 0 Å². The topological polar surface area (TPSA) is 26.3 Å². The molecule has 2 aliphatic carbocycles. The van der Waals surface area contributed by atoms with E-state index in [2.05, 4.69) is 19.9 Å². The predicted octanol–water partition coefficient (Wildman–Crippen LogP) is 5.17. The van der Waals surface area contributed by atoms with Crippen molar-refractivity contribution in [1.29, 1.82) is 0 Å². The van der Waals surface area contributed by atoms with Crippen LogP contribution in [0.25, 0.3) is 0 Å². The number of ether oxygens (including phenoxy) is 1. The van der Waals surface area contributed by atoms with Crippen LogP contribution in [0.3, 0.4) is 0 Å². The lowest BCUT2D eigenvalue weighted by molar-refractivity contribution is -0.145. The summed E-state index contributed by atoms with van der Waals surface area (Å²) >= 11 is 0. The van der Waals surface area contributed by atoms with Gasteiger partial charge in [0.15, 0.2) is 0 Å². The minimum absolute atomic E-state index is 0.0378. The van der Waals surface area contributed by atoms with Crippen LogP contribution < -0.4 is 0 Å². The largest absolute Gasteiger partial charge is 0.426 e. The van der Waals surface area contributed by atoms with Crippen LogP contribution in [0.15, 0.2) is 36.1 Å². The third-order valence-corrected chi connectivity index (χ3v) is 4.99. The molecule has 21 heavy (non-hydrogen) atoms. The summed E-state index contributed by atoms with van der Waals surface area (Å²) in [6.07, 6.45) is 17.6. The van der Waals surface area contributed by atoms with E-state index in [0.717, 1.165) is 31.1 Å². The lowest BCUT2D eigenvalue weighted by atomic mass is 9.74. The number of hydrogen-bond donors (Lipinski definition) is 0. The summed E-state index contributed by atoms with van der Waals surface area (Å²) in [5.41, 5.74) is 0. The molecule has 2 aliphatic rings. The quantitative estimate of drug-likeness (QED) is 0.652. The van der Waals surface area contributed by atoms with Gasteiger partial charge in [0.2, 0.25) is 0 Å². The number of allylic oxidation sites excluding steroid dienone is 5. The van der Waals surface area contributed by atoms with Crippen LogP contribution in [0.2, 0.25) is 0 Å². The van der Waals surface area contributed by atoms with Crippen LogP contribution in [0.5, 0.6) is 0 Å². The molecule has 2 heteroatoms. The van der Waals surface area contributed by atoms with Crippen LogP contribution >= 0.6 is 0 Å². The lowest BCUT2D eigenvalue weighted by Gasteiger charge is -2.32. The maximum atomic E-state index is 12.3. The average molecular weight is 288 g/mol. The van der Waals surface area contributed by atoms with Crippen molar-refractivity contribution in [2.75, 3.05) is 0 Å². The van der Waals surface area contributed by atoms with Crippen LogP contribution in [0.1, 0.15) is 58.8 Å². The van der Waals surface area contributed by atoms with E-state index in [4.69, 9.17) is 4.74 Å². The van der Waals surface area contributed by atoms with Crippen molar-refractivity contribution in [2.24, 2.45) is 17.8 Å². The van der Waals surface area contributed by atoms with E-state index < -0.39 is 0 Å². The van der Waals surface area contributed by atoms with Gasteiger partial charge in [0, 0.05) is 0 Å². The normalized spacial score (nSPS) is 25.6. The lowest BCUT2D eigenvalue weighted by Crippen LogP contribution is -2.26. The van der Waals surface area contributed by atoms with Gasteiger partial charge in [-0.1, -0.05) is 44.9 Å². The Morgan fingerprint density at radius 1 is 1.19 bits per heavy atom. The Labute approximate surface area is 129 Å². The van der Waals surface area contributed by atoms with Gasteiger partial charge < -0.3 is 4.74 Å². The molecule has 0 spiro atoms. The highest BCUT2D eigenvalue weighted by molar-refractivity contribution is 5.74. The molecular weight excluding hydrogens is 260 g/mol. The van der Waals surface area contributed by atoms with E-state index in [-0.39, 0.29) is 11.9 Å². The van der Waals surface area contributed by atoms with Crippen LogP contribution in [-0.4, -0.2) is 5.97 Å². The first kappa shape index (κ1) is 16.1. The minimum atomic E-state index is -0.0378. The van der Waals surface area contributed by atoms with Crippen molar-refractivity contribution in [2.45, 2.75) is 58.8 Å². The highest BCUT2D eigenvalue weighted by Crippen LogP contribution is 2.36. The molecule has 0 aliphatic heterocycles. The van der Waals surface area contributed by atoms with E-state index in [0.29, 0.717) is 5.76 Å². The monoisotopic (exact) mass is 288 g/mol. The molecule has 0 unspecified atom stereocenters. The predicted molar refractivity (Wildman–Crippen MR) is 86.6 cm³/mol. The molecule has 0 N–H and O–H groups in total. The fourth-order valence-electron chi connectivity index (χ4n) is 3.61.